The van der Waals surface area contributed by atoms with Gasteiger partial charge in [-0.15, -0.1) is 0 Å². The Kier molecular flexibility index (Phi) is 6.27. The van der Waals surface area contributed by atoms with Crippen molar-refractivity contribution in [1.82, 2.24) is 5.32 Å². The van der Waals surface area contributed by atoms with Crippen molar-refractivity contribution in [3.05, 3.63) is 58.6 Å². The molecule has 0 radical (unpaired) electrons. The van der Waals surface area contributed by atoms with Gasteiger partial charge < -0.3 is 10.2 Å². The Labute approximate surface area is 168 Å². The number of hydrogen-bond donors (Lipinski definition) is 2. The lowest BCUT2D eigenvalue weighted by atomic mass is 10.0. The van der Waals surface area contributed by atoms with Gasteiger partial charge in [-0.05, 0) is 86.9 Å². The van der Waals surface area contributed by atoms with Crippen LogP contribution in [0.4, 0.5) is 11.4 Å². The third kappa shape index (κ3) is 4.83. The van der Waals surface area contributed by atoms with Crippen LogP contribution in [0.25, 0.3) is 0 Å². The van der Waals surface area contributed by atoms with Gasteiger partial charge in [-0.1, -0.05) is 15.9 Å². The number of thiocarbonyl (C=S) groups is 1. The second-order valence-electron chi connectivity index (χ2n) is 6.50. The Hall–Kier alpha value is -1.92. The monoisotopic (exact) mass is 431 g/mol. The molecule has 3 rings (SSSR count). The second-order valence-corrected chi connectivity index (χ2v) is 7.82. The molecule has 1 amide bonds. The van der Waals surface area contributed by atoms with E-state index in [1.807, 2.05) is 24.3 Å². The van der Waals surface area contributed by atoms with E-state index in [9.17, 15) is 4.79 Å². The molecule has 2 N–H and O–H groups in total. The first-order chi connectivity index (χ1) is 12.5. The normalized spacial score (nSPS) is 16.8. The van der Waals surface area contributed by atoms with Gasteiger partial charge in [-0.2, -0.15) is 0 Å². The number of nitrogens with one attached hydrogen (secondary N) is 2. The molecular formula is C20H22BrN3OS. The van der Waals surface area contributed by atoms with Crippen LogP contribution in [-0.4, -0.2) is 23.6 Å². The highest BCUT2D eigenvalue weighted by molar-refractivity contribution is 9.10. The number of piperidine rings is 1. The largest absolute Gasteiger partial charge is 0.369 e. The minimum Gasteiger partial charge on any atom is -0.369 e. The number of hydrogen-bond acceptors (Lipinski definition) is 3. The van der Waals surface area contributed by atoms with Crippen molar-refractivity contribution in [2.45, 2.75) is 32.2 Å². The van der Waals surface area contributed by atoms with E-state index in [1.165, 1.54) is 24.9 Å². The maximum Gasteiger partial charge on any atom is 0.257 e. The highest BCUT2D eigenvalue weighted by Crippen LogP contribution is 2.25. The summed E-state index contributed by atoms with van der Waals surface area (Å²) in [7, 11) is 0. The van der Waals surface area contributed by atoms with Crippen molar-refractivity contribution in [3.63, 3.8) is 0 Å². The van der Waals surface area contributed by atoms with Crippen LogP contribution in [0.1, 0.15) is 36.5 Å². The van der Waals surface area contributed by atoms with Crippen molar-refractivity contribution in [3.8, 4) is 0 Å². The fourth-order valence-electron chi connectivity index (χ4n) is 3.16. The predicted octanol–water partition coefficient (Wildman–Crippen LogP) is 4.95. The molecule has 0 unspecified atom stereocenters. The zero-order valence-corrected chi connectivity index (χ0v) is 17.1. The summed E-state index contributed by atoms with van der Waals surface area (Å²) < 4.78 is 0.929. The minimum atomic E-state index is -0.228. The maximum absolute atomic E-state index is 12.2. The van der Waals surface area contributed by atoms with Crippen molar-refractivity contribution >= 4 is 50.5 Å². The second kappa shape index (κ2) is 8.64. The van der Waals surface area contributed by atoms with Gasteiger partial charge in [-0.3, -0.25) is 10.1 Å². The fraction of sp³-hybridized carbons (Fsp3) is 0.300. The summed E-state index contributed by atoms with van der Waals surface area (Å²) in [5.41, 5.74) is 2.65. The first-order valence-electron chi connectivity index (χ1n) is 8.77. The maximum atomic E-state index is 12.2. The zero-order valence-electron chi connectivity index (χ0n) is 14.7. The van der Waals surface area contributed by atoms with E-state index >= 15 is 0 Å². The molecule has 1 saturated heterocycles. The van der Waals surface area contributed by atoms with E-state index in [0.717, 1.165) is 16.7 Å². The number of carbonyl (C=O) groups excluding carboxylic acids is 1. The predicted molar refractivity (Wildman–Crippen MR) is 115 cm³/mol. The van der Waals surface area contributed by atoms with E-state index in [-0.39, 0.29) is 11.0 Å². The molecule has 1 aliphatic heterocycles. The summed E-state index contributed by atoms with van der Waals surface area (Å²) in [6.45, 7) is 3.38. The average molecular weight is 432 g/mol. The van der Waals surface area contributed by atoms with Crippen LogP contribution in [0.15, 0.2) is 53.0 Å². The van der Waals surface area contributed by atoms with Crippen LogP contribution < -0.4 is 15.5 Å². The van der Waals surface area contributed by atoms with Gasteiger partial charge >= 0.3 is 0 Å². The molecule has 1 aliphatic rings. The summed E-state index contributed by atoms with van der Waals surface area (Å²) in [6, 6.07) is 15.9. The van der Waals surface area contributed by atoms with Gasteiger partial charge in [0.25, 0.3) is 5.91 Å². The number of rotatable bonds is 3. The molecule has 6 heteroatoms. The molecule has 136 valence electrons. The van der Waals surface area contributed by atoms with Crippen LogP contribution in [0.2, 0.25) is 0 Å². The lowest BCUT2D eigenvalue weighted by Gasteiger charge is -2.35. The molecule has 0 aromatic heterocycles. The van der Waals surface area contributed by atoms with Crippen molar-refractivity contribution in [2.24, 2.45) is 0 Å². The molecule has 4 nitrogen and oxygen atoms in total. The topological polar surface area (TPSA) is 44.4 Å². The first kappa shape index (κ1) is 18.9. The molecule has 0 saturated carbocycles. The highest BCUT2D eigenvalue weighted by Gasteiger charge is 2.18. The third-order valence-corrected chi connectivity index (χ3v) is 5.33. The third-order valence-electron chi connectivity index (χ3n) is 4.59. The van der Waals surface area contributed by atoms with Gasteiger partial charge in [0.05, 0.1) is 0 Å². The van der Waals surface area contributed by atoms with Gasteiger partial charge in [0.15, 0.2) is 5.11 Å². The quantitative estimate of drug-likeness (QED) is 0.674. The molecule has 1 fully saturated rings. The summed E-state index contributed by atoms with van der Waals surface area (Å²) in [5.74, 6) is -0.228. The Morgan fingerprint density at radius 3 is 2.46 bits per heavy atom. The molecule has 0 spiro atoms. The summed E-state index contributed by atoms with van der Waals surface area (Å²) in [4.78, 5) is 14.6. The highest BCUT2D eigenvalue weighted by atomic mass is 79.9. The fourth-order valence-corrected chi connectivity index (χ4v) is 3.63. The summed E-state index contributed by atoms with van der Waals surface area (Å²) in [5, 5.41) is 6.06. The van der Waals surface area contributed by atoms with Gasteiger partial charge in [0, 0.05) is 34.0 Å². The first-order valence-corrected chi connectivity index (χ1v) is 9.97. The molecule has 2 aromatic carbocycles. The Bertz CT molecular complexity index is 777. The minimum absolute atomic E-state index is 0.228. The van der Waals surface area contributed by atoms with E-state index in [2.05, 4.69) is 50.5 Å². The Balaban J connectivity index is 1.57. The van der Waals surface area contributed by atoms with Crippen LogP contribution in [0, 0.1) is 0 Å². The van der Waals surface area contributed by atoms with Gasteiger partial charge in [0.2, 0.25) is 0 Å². The lowest BCUT2D eigenvalue weighted by Crippen LogP contribution is -2.37. The van der Waals surface area contributed by atoms with E-state index < -0.39 is 0 Å². The van der Waals surface area contributed by atoms with Gasteiger partial charge in [-0.25, -0.2) is 0 Å². The Morgan fingerprint density at radius 2 is 1.81 bits per heavy atom. The average Bonchev–Trinajstić information content (AvgIpc) is 2.63. The van der Waals surface area contributed by atoms with Crippen LogP contribution in [0.5, 0.6) is 0 Å². The van der Waals surface area contributed by atoms with Crippen molar-refractivity contribution in [1.29, 1.82) is 0 Å². The van der Waals surface area contributed by atoms with Crippen molar-refractivity contribution < 1.29 is 4.79 Å². The van der Waals surface area contributed by atoms with E-state index in [4.69, 9.17) is 12.2 Å². The van der Waals surface area contributed by atoms with E-state index in [1.54, 1.807) is 12.1 Å². The number of carbonyl (C=O) groups is 1. The van der Waals surface area contributed by atoms with Crippen LogP contribution >= 0.6 is 28.1 Å². The molecule has 1 heterocycles. The standard InChI is InChI=1S/C20H22BrN3OS/c1-14-4-2-3-13-24(14)18-11-9-17(10-12-18)22-20(26)23-19(25)15-5-7-16(21)8-6-15/h5-12,14H,2-4,13H2,1H3,(H2,22,23,25,26)/t14-/m0/s1. The van der Waals surface area contributed by atoms with Crippen LogP contribution in [0.3, 0.4) is 0 Å². The molecule has 0 bridgehead atoms. The van der Waals surface area contributed by atoms with E-state index in [0.29, 0.717) is 11.6 Å². The Morgan fingerprint density at radius 1 is 1.12 bits per heavy atom. The molecule has 26 heavy (non-hydrogen) atoms. The summed E-state index contributed by atoms with van der Waals surface area (Å²) >= 11 is 8.61. The number of anilines is 2. The molecule has 2 aromatic rings. The van der Waals surface area contributed by atoms with Crippen molar-refractivity contribution in [2.75, 3.05) is 16.8 Å². The number of nitrogens with zero attached hydrogens (tertiary/aromatic N) is 1. The molecule has 0 aliphatic carbocycles. The number of amides is 1. The lowest BCUT2D eigenvalue weighted by molar-refractivity contribution is 0.0977. The smallest absolute Gasteiger partial charge is 0.257 e. The molecular weight excluding hydrogens is 410 g/mol. The zero-order chi connectivity index (χ0) is 18.5. The molecule has 1 atom stereocenters. The summed E-state index contributed by atoms with van der Waals surface area (Å²) in [6.07, 6.45) is 3.80. The van der Waals surface area contributed by atoms with Crippen LogP contribution in [-0.2, 0) is 0 Å². The number of halogens is 1. The van der Waals surface area contributed by atoms with Gasteiger partial charge in [0.1, 0.15) is 0 Å². The SMILES string of the molecule is C[C@H]1CCCCN1c1ccc(NC(=S)NC(=O)c2ccc(Br)cc2)cc1. The number of benzene rings is 2.